The summed E-state index contributed by atoms with van der Waals surface area (Å²) in [7, 11) is 0. The van der Waals surface area contributed by atoms with Crippen LogP contribution in [0.2, 0.25) is 0 Å². The predicted octanol–water partition coefficient (Wildman–Crippen LogP) is 2.95. The van der Waals surface area contributed by atoms with Gasteiger partial charge in [-0.1, -0.05) is 32.4 Å². The zero-order valence-electron chi connectivity index (χ0n) is 8.16. The molecule has 0 saturated carbocycles. The first kappa shape index (κ1) is 9.37. The van der Waals surface area contributed by atoms with Gasteiger partial charge in [0.15, 0.2) is 0 Å². The molecule has 1 heteroatoms. The van der Waals surface area contributed by atoms with Crippen molar-refractivity contribution in [3.8, 4) is 0 Å². The standard InChI is InChI=1S/C11H19N/c1-3-5-9-12-10-7-6-8-11(12)4-2/h6-8,10-11H,3-5,9H2,1-2H3. The molecule has 12 heavy (non-hydrogen) atoms. The maximum Gasteiger partial charge on any atom is 0.0467 e. The van der Waals surface area contributed by atoms with Crippen molar-refractivity contribution in [1.82, 2.24) is 4.90 Å². The van der Waals surface area contributed by atoms with E-state index in [1.54, 1.807) is 0 Å². The molecule has 1 atom stereocenters. The van der Waals surface area contributed by atoms with Crippen LogP contribution in [0.5, 0.6) is 0 Å². The Morgan fingerprint density at radius 1 is 1.25 bits per heavy atom. The lowest BCUT2D eigenvalue weighted by molar-refractivity contribution is 0.304. The Kier molecular flexibility index (Phi) is 3.92. The second-order valence-electron chi connectivity index (χ2n) is 3.29. The number of unbranched alkanes of at least 4 members (excludes halogenated alkanes) is 1. The van der Waals surface area contributed by atoms with Crippen molar-refractivity contribution >= 4 is 0 Å². The van der Waals surface area contributed by atoms with E-state index >= 15 is 0 Å². The van der Waals surface area contributed by atoms with Gasteiger partial charge in [0.25, 0.3) is 0 Å². The number of nitrogens with zero attached hydrogens (tertiary/aromatic N) is 1. The summed E-state index contributed by atoms with van der Waals surface area (Å²) in [5, 5.41) is 0. The van der Waals surface area contributed by atoms with Crippen LogP contribution in [0.15, 0.2) is 24.4 Å². The molecule has 0 aromatic rings. The molecule has 0 amide bonds. The molecule has 0 aromatic carbocycles. The minimum atomic E-state index is 0.640. The van der Waals surface area contributed by atoms with Crippen molar-refractivity contribution in [2.24, 2.45) is 0 Å². The lowest BCUT2D eigenvalue weighted by Crippen LogP contribution is -2.30. The van der Waals surface area contributed by atoms with Crippen LogP contribution >= 0.6 is 0 Å². The van der Waals surface area contributed by atoms with Crippen molar-refractivity contribution < 1.29 is 0 Å². The summed E-state index contributed by atoms with van der Waals surface area (Å²) in [4.78, 5) is 2.43. The number of rotatable bonds is 4. The highest BCUT2D eigenvalue weighted by molar-refractivity contribution is 5.12. The third-order valence-electron chi connectivity index (χ3n) is 2.34. The van der Waals surface area contributed by atoms with Gasteiger partial charge < -0.3 is 4.90 Å². The summed E-state index contributed by atoms with van der Waals surface area (Å²) in [6.45, 7) is 5.69. The topological polar surface area (TPSA) is 3.24 Å². The molecule has 1 heterocycles. The lowest BCUT2D eigenvalue weighted by atomic mass is 10.1. The quantitative estimate of drug-likeness (QED) is 0.619. The fraction of sp³-hybridized carbons (Fsp3) is 0.636. The lowest BCUT2D eigenvalue weighted by Gasteiger charge is -2.29. The van der Waals surface area contributed by atoms with E-state index in [0.717, 1.165) is 0 Å². The first-order valence-electron chi connectivity index (χ1n) is 4.99. The zero-order chi connectivity index (χ0) is 8.81. The Hall–Kier alpha value is -0.720. The Bertz CT molecular complexity index is 170. The largest absolute Gasteiger partial charge is 0.371 e. The van der Waals surface area contributed by atoms with E-state index < -0.39 is 0 Å². The normalized spacial score (nSPS) is 21.8. The maximum atomic E-state index is 2.43. The van der Waals surface area contributed by atoms with Gasteiger partial charge in [-0.05, 0) is 25.1 Å². The highest BCUT2D eigenvalue weighted by Gasteiger charge is 2.10. The van der Waals surface area contributed by atoms with E-state index in [1.807, 2.05) is 0 Å². The van der Waals surface area contributed by atoms with Crippen molar-refractivity contribution in [3.05, 3.63) is 24.4 Å². The van der Waals surface area contributed by atoms with Crippen LogP contribution in [0.1, 0.15) is 33.1 Å². The van der Waals surface area contributed by atoms with Crippen LogP contribution in [-0.2, 0) is 0 Å². The first-order valence-corrected chi connectivity index (χ1v) is 4.99. The van der Waals surface area contributed by atoms with Crippen molar-refractivity contribution in [1.29, 1.82) is 0 Å². The summed E-state index contributed by atoms with van der Waals surface area (Å²) in [5.74, 6) is 0. The van der Waals surface area contributed by atoms with E-state index in [4.69, 9.17) is 0 Å². The fourth-order valence-corrected chi connectivity index (χ4v) is 1.53. The fourth-order valence-electron chi connectivity index (χ4n) is 1.53. The van der Waals surface area contributed by atoms with E-state index in [9.17, 15) is 0 Å². The Morgan fingerprint density at radius 3 is 2.75 bits per heavy atom. The minimum absolute atomic E-state index is 0.640. The SMILES string of the molecule is CCCCN1C=CC=CC1CC. The van der Waals surface area contributed by atoms with Gasteiger partial charge in [0, 0.05) is 12.6 Å². The maximum absolute atomic E-state index is 2.43. The molecule has 1 unspecified atom stereocenters. The highest BCUT2D eigenvalue weighted by atomic mass is 15.1. The molecule has 0 bridgehead atoms. The molecular weight excluding hydrogens is 146 g/mol. The van der Waals surface area contributed by atoms with Crippen molar-refractivity contribution in [3.63, 3.8) is 0 Å². The minimum Gasteiger partial charge on any atom is -0.371 e. The predicted molar refractivity (Wildman–Crippen MR) is 54.0 cm³/mol. The molecule has 1 aliphatic rings. The highest BCUT2D eigenvalue weighted by Crippen LogP contribution is 2.12. The molecule has 1 nitrogen and oxygen atoms in total. The van der Waals surface area contributed by atoms with Gasteiger partial charge in [-0.25, -0.2) is 0 Å². The van der Waals surface area contributed by atoms with E-state index in [-0.39, 0.29) is 0 Å². The Labute approximate surface area is 75.8 Å². The second-order valence-corrected chi connectivity index (χ2v) is 3.29. The molecule has 0 saturated heterocycles. The molecule has 0 radical (unpaired) electrons. The monoisotopic (exact) mass is 165 g/mol. The van der Waals surface area contributed by atoms with Crippen LogP contribution < -0.4 is 0 Å². The van der Waals surface area contributed by atoms with Crippen LogP contribution in [-0.4, -0.2) is 17.5 Å². The summed E-state index contributed by atoms with van der Waals surface area (Å²) >= 11 is 0. The van der Waals surface area contributed by atoms with E-state index in [2.05, 4.69) is 43.2 Å². The summed E-state index contributed by atoms with van der Waals surface area (Å²) in [6, 6.07) is 0.640. The summed E-state index contributed by atoms with van der Waals surface area (Å²) < 4.78 is 0. The van der Waals surface area contributed by atoms with E-state index in [1.165, 1.54) is 25.8 Å². The molecule has 0 spiro atoms. The molecule has 1 rings (SSSR count). The third kappa shape index (κ3) is 2.40. The van der Waals surface area contributed by atoms with Crippen molar-refractivity contribution in [2.45, 2.75) is 39.2 Å². The van der Waals surface area contributed by atoms with Gasteiger partial charge in [-0.2, -0.15) is 0 Å². The van der Waals surface area contributed by atoms with Gasteiger partial charge in [-0.15, -0.1) is 0 Å². The van der Waals surface area contributed by atoms with Crippen LogP contribution in [0.25, 0.3) is 0 Å². The average molecular weight is 165 g/mol. The molecule has 1 aliphatic heterocycles. The smallest absolute Gasteiger partial charge is 0.0467 e. The zero-order valence-corrected chi connectivity index (χ0v) is 8.16. The van der Waals surface area contributed by atoms with Crippen LogP contribution in [0.4, 0.5) is 0 Å². The number of allylic oxidation sites excluding steroid dienone is 2. The van der Waals surface area contributed by atoms with Crippen LogP contribution in [0, 0.1) is 0 Å². The molecule has 0 fully saturated rings. The van der Waals surface area contributed by atoms with Crippen molar-refractivity contribution in [2.75, 3.05) is 6.54 Å². The van der Waals surface area contributed by atoms with Gasteiger partial charge in [-0.3, -0.25) is 0 Å². The third-order valence-corrected chi connectivity index (χ3v) is 2.34. The number of hydrogen-bond acceptors (Lipinski definition) is 1. The molecule has 0 aromatic heterocycles. The van der Waals surface area contributed by atoms with E-state index in [0.29, 0.717) is 6.04 Å². The van der Waals surface area contributed by atoms with Crippen LogP contribution in [0.3, 0.4) is 0 Å². The average Bonchev–Trinajstić information content (AvgIpc) is 2.15. The molecule has 0 aliphatic carbocycles. The Morgan fingerprint density at radius 2 is 2.08 bits per heavy atom. The Balaban J connectivity index is 2.39. The van der Waals surface area contributed by atoms with Gasteiger partial charge in [0.1, 0.15) is 0 Å². The van der Waals surface area contributed by atoms with Gasteiger partial charge in [0.2, 0.25) is 0 Å². The van der Waals surface area contributed by atoms with Gasteiger partial charge in [0.05, 0.1) is 0 Å². The van der Waals surface area contributed by atoms with Gasteiger partial charge >= 0.3 is 0 Å². The molecular formula is C11H19N. The first-order chi connectivity index (χ1) is 5.88. The number of hydrogen-bond donors (Lipinski definition) is 0. The molecule has 68 valence electrons. The summed E-state index contributed by atoms with van der Waals surface area (Å²) in [5.41, 5.74) is 0. The summed E-state index contributed by atoms with van der Waals surface area (Å²) in [6.07, 6.45) is 12.6. The second kappa shape index (κ2) is 5.02. The molecule has 0 N–H and O–H groups in total.